The molecule has 1 fully saturated rings. The Labute approximate surface area is 212 Å². The maximum Gasteiger partial charge on any atom is 0.339 e. The molecule has 0 bridgehead atoms. The number of aromatic hydroxyl groups is 1. The lowest BCUT2D eigenvalue weighted by Gasteiger charge is -2.19. The van der Waals surface area contributed by atoms with E-state index in [2.05, 4.69) is 11.9 Å². The first-order valence-electron chi connectivity index (χ1n) is 12.6. The van der Waals surface area contributed by atoms with Crippen molar-refractivity contribution < 1.29 is 19.1 Å². The van der Waals surface area contributed by atoms with Crippen LogP contribution in [-0.2, 0) is 12.8 Å². The van der Waals surface area contributed by atoms with Crippen molar-refractivity contribution in [2.45, 2.75) is 58.9 Å². The molecule has 0 radical (unpaired) electrons. The van der Waals surface area contributed by atoms with Gasteiger partial charge in [-0.25, -0.2) is 4.79 Å². The minimum absolute atomic E-state index is 0.0721. The maximum absolute atomic E-state index is 13.0. The minimum atomic E-state index is -0.521. The van der Waals surface area contributed by atoms with Gasteiger partial charge in [-0.1, -0.05) is 11.6 Å². The number of hydrogen-bond donors (Lipinski definition) is 1. The lowest BCUT2D eigenvalue weighted by atomic mass is 9.99. The highest BCUT2D eigenvalue weighted by Gasteiger charge is 2.21. The van der Waals surface area contributed by atoms with E-state index in [4.69, 9.17) is 9.15 Å². The van der Waals surface area contributed by atoms with Crippen molar-refractivity contribution in [3.63, 3.8) is 0 Å². The van der Waals surface area contributed by atoms with Crippen LogP contribution in [0.15, 0.2) is 57.3 Å². The molecule has 1 N–H and O–H groups in total. The molecule has 0 aliphatic carbocycles. The van der Waals surface area contributed by atoms with Crippen LogP contribution in [0.4, 0.5) is 0 Å². The van der Waals surface area contributed by atoms with Crippen molar-refractivity contribution in [3.8, 4) is 11.5 Å². The Morgan fingerprint density at radius 1 is 1.19 bits per heavy atom. The topological polar surface area (TPSA) is 80.0 Å². The Bertz CT molecular complexity index is 1350. The molecule has 0 spiro atoms. The van der Waals surface area contributed by atoms with Crippen molar-refractivity contribution in [2.24, 2.45) is 0 Å². The highest BCUT2D eigenvalue weighted by molar-refractivity contribution is 5.98. The molecular weight excluding hydrogens is 454 g/mol. The van der Waals surface area contributed by atoms with Gasteiger partial charge in [0.25, 0.3) is 0 Å². The van der Waals surface area contributed by atoms with Gasteiger partial charge in [-0.3, -0.25) is 4.79 Å². The van der Waals surface area contributed by atoms with Crippen LogP contribution in [0, 0.1) is 6.92 Å². The lowest BCUT2D eigenvalue weighted by Crippen LogP contribution is -2.26. The van der Waals surface area contributed by atoms with Gasteiger partial charge in [-0.15, -0.1) is 0 Å². The molecular formula is C30H35NO5. The number of rotatable bonds is 9. The standard InChI is InChI=1S/C30H35NO5/c1-19(2)7-8-21-16-22(9-11-26(21)32)27(33)18-24-17-23-10-12-28(20(3)29(23)36-30(24)34)35-15-13-25-6-5-14-31(25)4/h7,9-12,16-17,25,32H,5-6,8,13-15,18H2,1-4H3. The van der Waals surface area contributed by atoms with Crippen LogP contribution in [0.5, 0.6) is 11.5 Å². The number of hydrogen-bond acceptors (Lipinski definition) is 6. The van der Waals surface area contributed by atoms with E-state index in [1.54, 1.807) is 18.2 Å². The summed E-state index contributed by atoms with van der Waals surface area (Å²) in [6.07, 6.45) is 5.86. The number of ether oxygens (including phenoxy) is 1. The Hall–Kier alpha value is -3.38. The van der Waals surface area contributed by atoms with Crippen LogP contribution >= 0.6 is 0 Å². The van der Waals surface area contributed by atoms with E-state index in [0.29, 0.717) is 47.1 Å². The number of benzene rings is 2. The largest absolute Gasteiger partial charge is 0.508 e. The predicted octanol–water partition coefficient (Wildman–Crippen LogP) is 5.60. The van der Waals surface area contributed by atoms with E-state index in [-0.39, 0.29) is 18.0 Å². The maximum atomic E-state index is 13.0. The summed E-state index contributed by atoms with van der Waals surface area (Å²) < 4.78 is 11.7. The van der Waals surface area contributed by atoms with Gasteiger partial charge in [0.15, 0.2) is 5.78 Å². The lowest BCUT2D eigenvalue weighted by molar-refractivity contribution is 0.0992. The second kappa shape index (κ2) is 11.1. The van der Waals surface area contributed by atoms with Crippen LogP contribution in [0.25, 0.3) is 11.0 Å². The highest BCUT2D eigenvalue weighted by atomic mass is 16.5. The third-order valence-electron chi connectivity index (χ3n) is 7.04. The fraction of sp³-hybridized carbons (Fsp3) is 0.400. The number of allylic oxidation sites excluding steroid dienone is 2. The van der Waals surface area contributed by atoms with E-state index in [1.807, 2.05) is 39.0 Å². The van der Waals surface area contributed by atoms with Crippen molar-refractivity contribution in [2.75, 3.05) is 20.2 Å². The van der Waals surface area contributed by atoms with Crippen molar-refractivity contribution in [1.82, 2.24) is 4.90 Å². The molecule has 2 aromatic carbocycles. The molecule has 1 aromatic heterocycles. The molecule has 1 aliphatic rings. The first-order chi connectivity index (χ1) is 17.2. The normalized spacial score (nSPS) is 15.8. The summed E-state index contributed by atoms with van der Waals surface area (Å²) in [6, 6.07) is 10.9. The molecule has 0 amide bonds. The number of aryl methyl sites for hydroxylation is 1. The Morgan fingerprint density at radius 3 is 2.72 bits per heavy atom. The molecule has 190 valence electrons. The van der Waals surface area contributed by atoms with Crippen molar-refractivity contribution >= 4 is 16.8 Å². The summed E-state index contributed by atoms with van der Waals surface area (Å²) >= 11 is 0. The summed E-state index contributed by atoms with van der Waals surface area (Å²) in [7, 11) is 2.15. The predicted molar refractivity (Wildman–Crippen MR) is 142 cm³/mol. The van der Waals surface area contributed by atoms with Crippen LogP contribution in [0.2, 0.25) is 0 Å². The molecule has 1 saturated heterocycles. The molecule has 4 rings (SSSR count). The quantitative estimate of drug-likeness (QED) is 0.239. The smallest absolute Gasteiger partial charge is 0.339 e. The summed E-state index contributed by atoms with van der Waals surface area (Å²) in [4.78, 5) is 28.1. The average Bonchev–Trinajstić information content (AvgIpc) is 3.25. The minimum Gasteiger partial charge on any atom is -0.508 e. The van der Waals surface area contributed by atoms with Crippen LogP contribution in [-0.4, -0.2) is 42.0 Å². The fourth-order valence-electron chi connectivity index (χ4n) is 4.79. The van der Waals surface area contributed by atoms with E-state index in [9.17, 15) is 14.7 Å². The first-order valence-corrected chi connectivity index (χ1v) is 12.6. The number of ketones is 1. The summed E-state index contributed by atoms with van der Waals surface area (Å²) in [5.41, 5.74) is 3.32. The fourth-order valence-corrected chi connectivity index (χ4v) is 4.79. The molecule has 1 unspecified atom stereocenters. The molecule has 1 atom stereocenters. The van der Waals surface area contributed by atoms with E-state index in [0.717, 1.165) is 29.5 Å². The summed E-state index contributed by atoms with van der Waals surface area (Å²) in [5, 5.41) is 10.9. The van der Waals surface area contributed by atoms with E-state index < -0.39 is 5.63 Å². The number of fused-ring (bicyclic) bond motifs is 1. The molecule has 3 aromatic rings. The average molecular weight is 490 g/mol. The van der Waals surface area contributed by atoms with Crippen LogP contribution in [0.3, 0.4) is 0 Å². The number of likely N-dealkylation sites (tertiary alicyclic amines) is 1. The van der Waals surface area contributed by atoms with Crippen LogP contribution in [0.1, 0.15) is 60.2 Å². The Balaban J connectivity index is 1.49. The molecule has 0 saturated carbocycles. The molecule has 36 heavy (non-hydrogen) atoms. The molecule has 1 aliphatic heterocycles. The monoisotopic (exact) mass is 489 g/mol. The third-order valence-corrected chi connectivity index (χ3v) is 7.04. The number of carbonyl (C=O) groups is 1. The van der Waals surface area contributed by atoms with Gasteiger partial charge in [0, 0.05) is 34.5 Å². The number of nitrogens with zero attached hydrogens (tertiary/aromatic N) is 1. The van der Waals surface area contributed by atoms with Gasteiger partial charge in [-0.2, -0.15) is 0 Å². The number of carbonyl (C=O) groups excluding carboxylic acids is 1. The van der Waals surface area contributed by atoms with Crippen molar-refractivity contribution in [1.29, 1.82) is 0 Å². The second-order valence-corrected chi connectivity index (χ2v) is 10.0. The van der Waals surface area contributed by atoms with Gasteiger partial charge in [0.1, 0.15) is 17.1 Å². The summed E-state index contributed by atoms with van der Waals surface area (Å²) in [6.45, 7) is 7.60. The summed E-state index contributed by atoms with van der Waals surface area (Å²) in [5.74, 6) is 0.662. The zero-order valence-electron chi connectivity index (χ0n) is 21.6. The van der Waals surface area contributed by atoms with Crippen molar-refractivity contribution in [3.05, 3.63) is 80.7 Å². The number of phenolic OH excluding ortho intramolecular Hbond substituents is 1. The van der Waals surface area contributed by atoms with E-state index in [1.165, 1.54) is 18.9 Å². The number of Topliss-reactive ketones (excluding diaryl/α,β-unsaturated/α-hetero) is 1. The Morgan fingerprint density at radius 2 is 2.00 bits per heavy atom. The van der Waals surface area contributed by atoms with Gasteiger partial charge < -0.3 is 19.2 Å². The number of phenols is 1. The first kappa shape index (κ1) is 25.7. The zero-order chi connectivity index (χ0) is 25.8. The molecule has 2 heterocycles. The van der Waals surface area contributed by atoms with Gasteiger partial charge in [-0.05, 0) is 102 Å². The zero-order valence-corrected chi connectivity index (χ0v) is 21.6. The SMILES string of the molecule is CC(C)=CCc1cc(C(=O)Cc2cc3ccc(OCCC4CCCN4C)c(C)c3oc2=O)ccc1O. The van der Waals surface area contributed by atoms with Crippen LogP contribution < -0.4 is 10.4 Å². The van der Waals surface area contributed by atoms with Gasteiger partial charge in [0.2, 0.25) is 0 Å². The van der Waals surface area contributed by atoms with Gasteiger partial charge in [0.05, 0.1) is 6.61 Å². The van der Waals surface area contributed by atoms with Gasteiger partial charge >= 0.3 is 5.63 Å². The highest BCUT2D eigenvalue weighted by Crippen LogP contribution is 2.28. The Kier molecular flexibility index (Phi) is 7.94. The molecule has 6 heteroatoms. The second-order valence-electron chi connectivity index (χ2n) is 10.0. The molecule has 6 nitrogen and oxygen atoms in total. The third kappa shape index (κ3) is 5.88. The van der Waals surface area contributed by atoms with E-state index >= 15 is 0 Å².